The van der Waals surface area contributed by atoms with Crippen LogP contribution in [0.1, 0.15) is 22.8 Å². The van der Waals surface area contributed by atoms with Crippen molar-refractivity contribution in [1.82, 2.24) is 9.21 Å². The Bertz CT molecular complexity index is 1330. The molecule has 1 saturated heterocycles. The standard InChI is InChI=1S/C27H28ClF3N2O4S/c1-36-23-6-4-5-20(17-23)19-37-25(21-9-11-22(28)12-10-21)18-32-13-15-33(16-14-32)38(34,35)26-8-3-2-7-24(26)27(29,30)31/h2-12,17,25H,13-16,18-19H2,1H3/t25-/m0/s1. The molecule has 0 unspecified atom stereocenters. The van der Waals surface area contributed by atoms with Gasteiger partial charge in [0.15, 0.2) is 0 Å². The average Bonchev–Trinajstić information content (AvgIpc) is 2.91. The second-order valence-electron chi connectivity index (χ2n) is 8.90. The molecule has 0 aliphatic carbocycles. The first kappa shape index (κ1) is 28.4. The van der Waals surface area contributed by atoms with Gasteiger partial charge in [0.1, 0.15) is 5.75 Å². The number of hydrogen-bond donors (Lipinski definition) is 0. The van der Waals surface area contributed by atoms with Gasteiger partial charge in [-0.05, 0) is 47.5 Å². The van der Waals surface area contributed by atoms with E-state index in [-0.39, 0.29) is 19.2 Å². The maximum Gasteiger partial charge on any atom is 0.417 e. The monoisotopic (exact) mass is 568 g/mol. The SMILES string of the molecule is COc1cccc(CO[C@@H](CN2CCN(S(=O)(=O)c3ccccc3C(F)(F)F)CC2)c2ccc(Cl)cc2)c1. The van der Waals surface area contributed by atoms with Crippen molar-refractivity contribution in [3.8, 4) is 5.75 Å². The summed E-state index contributed by atoms with van der Waals surface area (Å²) in [4.78, 5) is 1.33. The molecule has 0 aromatic heterocycles. The number of methoxy groups -OCH3 is 1. The molecule has 0 bridgehead atoms. The average molecular weight is 569 g/mol. The van der Waals surface area contributed by atoms with E-state index < -0.39 is 26.7 Å². The summed E-state index contributed by atoms with van der Waals surface area (Å²) in [6, 6.07) is 19.2. The molecule has 6 nitrogen and oxygen atoms in total. The summed E-state index contributed by atoms with van der Waals surface area (Å²) < 4.78 is 79.3. The fourth-order valence-corrected chi connectivity index (χ4v) is 6.10. The third-order valence-electron chi connectivity index (χ3n) is 6.39. The Kier molecular flexibility index (Phi) is 9.00. The Morgan fingerprint density at radius 3 is 2.29 bits per heavy atom. The van der Waals surface area contributed by atoms with Crippen LogP contribution in [0.15, 0.2) is 77.7 Å². The van der Waals surface area contributed by atoms with Crippen LogP contribution in [0, 0.1) is 0 Å². The van der Waals surface area contributed by atoms with Gasteiger partial charge in [-0.15, -0.1) is 0 Å². The quantitative estimate of drug-likeness (QED) is 0.335. The molecule has 1 fully saturated rings. The highest BCUT2D eigenvalue weighted by molar-refractivity contribution is 7.89. The molecule has 0 amide bonds. The summed E-state index contributed by atoms with van der Waals surface area (Å²) >= 11 is 6.07. The molecule has 3 aromatic carbocycles. The molecular formula is C27H28ClF3N2O4S. The van der Waals surface area contributed by atoms with Gasteiger partial charge in [0.05, 0.1) is 30.3 Å². The Hall–Kier alpha value is -2.63. The number of alkyl halides is 3. The van der Waals surface area contributed by atoms with Crippen LogP contribution in [0.25, 0.3) is 0 Å². The summed E-state index contributed by atoms with van der Waals surface area (Å²) in [5.74, 6) is 0.721. The van der Waals surface area contributed by atoms with Crippen molar-refractivity contribution in [3.05, 3.63) is 94.5 Å². The fourth-order valence-electron chi connectivity index (χ4n) is 4.34. The van der Waals surface area contributed by atoms with Gasteiger partial charge in [-0.2, -0.15) is 17.5 Å². The molecule has 38 heavy (non-hydrogen) atoms. The summed E-state index contributed by atoms with van der Waals surface area (Å²) in [6.07, 6.45) is -5.11. The first-order chi connectivity index (χ1) is 18.1. The second kappa shape index (κ2) is 12.0. The molecule has 204 valence electrons. The minimum atomic E-state index is -4.77. The van der Waals surface area contributed by atoms with Crippen molar-refractivity contribution in [3.63, 3.8) is 0 Å². The van der Waals surface area contributed by atoms with E-state index in [4.69, 9.17) is 21.1 Å². The number of sulfonamides is 1. The van der Waals surface area contributed by atoms with Gasteiger partial charge in [-0.1, -0.05) is 48.0 Å². The number of hydrogen-bond acceptors (Lipinski definition) is 5. The molecule has 1 aliphatic heterocycles. The van der Waals surface area contributed by atoms with Gasteiger partial charge < -0.3 is 9.47 Å². The predicted molar refractivity (Wildman–Crippen MR) is 139 cm³/mol. The van der Waals surface area contributed by atoms with Crippen LogP contribution in [-0.4, -0.2) is 57.5 Å². The summed E-state index contributed by atoms with van der Waals surface area (Å²) in [5.41, 5.74) is 0.685. The van der Waals surface area contributed by atoms with E-state index in [9.17, 15) is 21.6 Å². The highest BCUT2D eigenvalue weighted by Crippen LogP contribution is 2.35. The molecular weight excluding hydrogens is 541 g/mol. The van der Waals surface area contributed by atoms with E-state index in [1.165, 1.54) is 12.1 Å². The predicted octanol–water partition coefficient (Wildman–Crippen LogP) is 5.63. The van der Waals surface area contributed by atoms with Crippen molar-refractivity contribution in [2.75, 3.05) is 39.8 Å². The molecule has 11 heteroatoms. The van der Waals surface area contributed by atoms with E-state index in [2.05, 4.69) is 0 Å². The summed E-state index contributed by atoms with van der Waals surface area (Å²) in [5, 5.41) is 0.596. The van der Waals surface area contributed by atoms with Crippen molar-refractivity contribution < 1.29 is 31.1 Å². The smallest absolute Gasteiger partial charge is 0.417 e. The van der Waals surface area contributed by atoms with Crippen molar-refractivity contribution in [1.29, 1.82) is 0 Å². The maximum absolute atomic E-state index is 13.5. The zero-order valence-corrected chi connectivity index (χ0v) is 22.3. The molecule has 0 spiro atoms. The van der Waals surface area contributed by atoms with E-state index >= 15 is 0 Å². The van der Waals surface area contributed by atoms with Gasteiger partial charge in [0.25, 0.3) is 0 Å². The van der Waals surface area contributed by atoms with Crippen molar-refractivity contribution in [2.45, 2.75) is 23.8 Å². The Labute approximate surface area is 225 Å². The Morgan fingerprint density at radius 1 is 0.947 bits per heavy atom. The number of benzene rings is 3. The lowest BCUT2D eigenvalue weighted by Crippen LogP contribution is -2.49. The van der Waals surface area contributed by atoms with Crippen LogP contribution in [0.3, 0.4) is 0 Å². The maximum atomic E-state index is 13.5. The normalized spacial score (nSPS) is 16.3. The lowest BCUT2D eigenvalue weighted by molar-refractivity contribution is -0.139. The lowest BCUT2D eigenvalue weighted by atomic mass is 10.1. The van der Waals surface area contributed by atoms with Crippen LogP contribution in [0.4, 0.5) is 13.2 Å². The van der Waals surface area contributed by atoms with Crippen LogP contribution in [-0.2, 0) is 27.5 Å². The number of rotatable bonds is 9. The van der Waals surface area contributed by atoms with Crippen LogP contribution in [0.5, 0.6) is 5.75 Å². The van der Waals surface area contributed by atoms with Crippen LogP contribution >= 0.6 is 11.6 Å². The van der Waals surface area contributed by atoms with E-state index in [1.807, 2.05) is 41.3 Å². The van der Waals surface area contributed by atoms with E-state index in [0.29, 0.717) is 31.3 Å². The largest absolute Gasteiger partial charge is 0.497 e. The van der Waals surface area contributed by atoms with Gasteiger partial charge in [-0.25, -0.2) is 8.42 Å². The number of piperazine rings is 1. The van der Waals surface area contributed by atoms with Gasteiger partial charge in [0, 0.05) is 37.7 Å². The molecule has 0 saturated carbocycles. The number of ether oxygens (including phenoxy) is 2. The van der Waals surface area contributed by atoms with E-state index in [0.717, 1.165) is 33.3 Å². The fraction of sp³-hybridized carbons (Fsp3) is 0.333. The Balaban J connectivity index is 1.45. The van der Waals surface area contributed by atoms with Gasteiger partial charge in [0.2, 0.25) is 10.0 Å². The zero-order valence-electron chi connectivity index (χ0n) is 20.7. The second-order valence-corrected chi connectivity index (χ2v) is 11.2. The third-order valence-corrected chi connectivity index (χ3v) is 8.60. The number of nitrogens with zero attached hydrogens (tertiary/aromatic N) is 2. The molecule has 3 aromatic rings. The number of halogens is 4. The summed E-state index contributed by atoms with van der Waals surface area (Å²) in [7, 11) is -2.71. The topological polar surface area (TPSA) is 59.1 Å². The minimum Gasteiger partial charge on any atom is -0.497 e. The molecule has 4 rings (SSSR count). The molecule has 1 atom stereocenters. The van der Waals surface area contributed by atoms with Crippen molar-refractivity contribution in [2.24, 2.45) is 0 Å². The third kappa shape index (κ3) is 6.86. The molecule has 0 radical (unpaired) electrons. The van der Waals surface area contributed by atoms with Crippen LogP contribution < -0.4 is 4.74 Å². The first-order valence-corrected chi connectivity index (χ1v) is 13.8. The molecule has 0 N–H and O–H groups in total. The Morgan fingerprint density at radius 2 is 1.63 bits per heavy atom. The van der Waals surface area contributed by atoms with Crippen molar-refractivity contribution >= 4 is 21.6 Å². The van der Waals surface area contributed by atoms with E-state index in [1.54, 1.807) is 19.2 Å². The molecule has 1 aliphatic rings. The first-order valence-electron chi connectivity index (χ1n) is 12.0. The van der Waals surface area contributed by atoms with Gasteiger partial charge in [-0.3, -0.25) is 4.90 Å². The molecule has 1 heterocycles. The zero-order chi connectivity index (χ0) is 27.3. The summed E-state index contributed by atoms with van der Waals surface area (Å²) in [6.45, 7) is 1.63. The highest BCUT2D eigenvalue weighted by atomic mass is 35.5. The van der Waals surface area contributed by atoms with Gasteiger partial charge >= 0.3 is 6.18 Å². The van der Waals surface area contributed by atoms with Crippen LogP contribution in [0.2, 0.25) is 5.02 Å². The highest BCUT2D eigenvalue weighted by Gasteiger charge is 2.39. The lowest BCUT2D eigenvalue weighted by Gasteiger charge is -2.36. The minimum absolute atomic E-state index is 0.0672.